The summed E-state index contributed by atoms with van der Waals surface area (Å²) in [5, 5.41) is 9.98. The molecule has 0 unspecified atom stereocenters. The summed E-state index contributed by atoms with van der Waals surface area (Å²) in [7, 11) is 0. The molecule has 1 nitrogen and oxygen atoms in total. The van der Waals surface area contributed by atoms with Gasteiger partial charge in [0.25, 0.3) is 0 Å². The summed E-state index contributed by atoms with van der Waals surface area (Å²) in [5.74, 6) is 0. The lowest BCUT2D eigenvalue weighted by Crippen LogP contribution is -2.18. The van der Waals surface area contributed by atoms with Gasteiger partial charge in [0.2, 0.25) is 0 Å². The van der Waals surface area contributed by atoms with E-state index in [1.54, 1.807) is 30.3 Å². The Kier molecular flexibility index (Phi) is 5.03. The van der Waals surface area contributed by atoms with E-state index in [9.17, 15) is 31.4 Å². The summed E-state index contributed by atoms with van der Waals surface area (Å²) < 4.78 is 78.2. The Balaban J connectivity index is 2.52. The predicted molar refractivity (Wildman–Crippen MR) is 76.9 cm³/mol. The number of benzene rings is 2. The van der Waals surface area contributed by atoms with Crippen molar-refractivity contribution < 1.29 is 31.4 Å². The van der Waals surface area contributed by atoms with Crippen molar-refractivity contribution in [3.8, 4) is 0 Å². The molecule has 0 saturated carbocycles. The van der Waals surface area contributed by atoms with Crippen LogP contribution < -0.4 is 0 Å². The molecule has 0 saturated heterocycles. The number of hydrogen-bond donors (Lipinski definition) is 1. The molecule has 24 heavy (non-hydrogen) atoms. The number of rotatable bonds is 3. The summed E-state index contributed by atoms with van der Waals surface area (Å²) in [6.45, 7) is 0. The van der Waals surface area contributed by atoms with Gasteiger partial charge in [-0.05, 0) is 17.7 Å². The van der Waals surface area contributed by atoms with Crippen LogP contribution in [0.25, 0.3) is 6.08 Å². The Bertz CT molecular complexity index is 684. The van der Waals surface area contributed by atoms with E-state index >= 15 is 0 Å². The van der Waals surface area contributed by atoms with Gasteiger partial charge in [-0.3, -0.25) is 0 Å². The summed E-state index contributed by atoms with van der Waals surface area (Å²) >= 11 is 0. The maximum Gasteiger partial charge on any atom is 0.416 e. The first-order valence-electron chi connectivity index (χ1n) is 6.79. The third-order valence-electron chi connectivity index (χ3n) is 3.28. The number of alkyl halides is 6. The maximum atomic E-state index is 13.0. The normalized spacial score (nSPS) is 14.1. The molecule has 2 aromatic rings. The first-order chi connectivity index (χ1) is 11.1. The highest BCUT2D eigenvalue weighted by Crippen LogP contribution is 2.42. The lowest BCUT2D eigenvalue weighted by atomic mass is 9.94. The lowest BCUT2D eigenvalue weighted by molar-refractivity contribution is -0.145. The van der Waals surface area contributed by atoms with Gasteiger partial charge in [-0.2, -0.15) is 26.3 Å². The van der Waals surface area contributed by atoms with Crippen LogP contribution in [0.15, 0.2) is 54.6 Å². The van der Waals surface area contributed by atoms with Gasteiger partial charge in [0.15, 0.2) is 0 Å². The molecule has 0 aliphatic carbocycles. The molecule has 1 N–H and O–H groups in total. The molecule has 2 aromatic carbocycles. The minimum absolute atomic E-state index is 0.518. The summed E-state index contributed by atoms with van der Waals surface area (Å²) in [6.07, 6.45) is -9.93. The fraction of sp³-hybridized carbons (Fsp3) is 0.176. The van der Waals surface area contributed by atoms with E-state index in [1.165, 1.54) is 6.08 Å². The molecule has 0 heterocycles. The zero-order valence-corrected chi connectivity index (χ0v) is 12.1. The molecule has 0 aliphatic heterocycles. The monoisotopic (exact) mass is 346 g/mol. The van der Waals surface area contributed by atoms with E-state index in [1.807, 2.05) is 0 Å². The van der Waals surface area contributed by atoms with Crippen LogP contribution in [0.3, 0.4) is 0 Å². The van der Waals surface area contributed by atoms with E-state index in [-0.39, 0.29) is 0 Å². The van der Waals surface area contributed by atoms with Gasteiger partial charge in [-0.15, -0.1) is 0 Å². The second kappa shape index (κ2) is 6.68. The molecular weight excluding hydrogens is 334 g/mol. The Labute approximate surface area is 133 Å². The van der Waals surface area contributed by atoms with Crippen LogP contribution in [0.1, 0.15) is 28.4 Å². The van der Waals surface area contributed by atoms with Crippen molar-refractivity contribution in [3.05, 3.63) is 76.9 Å². The van der Waals surface area contributed by atoms with E-state index in [2.05, 4.69) is 0 Å². The summed E-state index contributed by atoms with van der Waals surface area (Å²) in [6, 6.07) is 9.91. The highest BCUT2D eigenvalue weighted by Gasteiger charge is 2.41. The summed E-state index contributed by atoms with van der Waals surface area (Å²) in [5.41, 5.74) is -3.69. The largest absolute Gasteiger partial charge is 0.416 e. The fourth-order valence-corrected chi connectivity index (χ4v) is 2.24. The molecule has 1 atom stereocenters. The zero-order chi connectivity index (χ0) is 18.0. The first kappa shape index (κ1) is 18.1. The Morgan fingerprint density at radius 2 is 1.25 bits per heavy atom. The van der Waals surface area contributed by atoms with Crippen LogP contribution in [0.5, 0.6) is 0 Å². The molecule has 0 spiro atoms. The molecule has 0 radical (unpaired) electrons. The van der Waals surface area contributed by atoms with E-state index < -0.39 is 35.1 Å². The molecule has 0 amide bonds. The fourth-order valence-electron chi connectivity index (χ4n) is 2.24. The predicted octanol–water partition coefficient (Wildman–Crippen LogP) is 5.47. The van der Waals surface area contributed by atoms with E-state index in [0.717, 1.165) is 6.08 Å². The van der Waals surface area contributed by atoms with Crippen LogP contribution >= 0.6 is 0 Å². The lowest BCUT2D eigenvalue weighted by Gasteiger charge is -2.20. The van der Waals surface area contributed by atoms with Crippen molar-refractivity contribution in [2.24, 2.45) is 0 Å². The Hall–Kier alpha value is -2.28. The van der Waals surface area contributed by atoms with Crippen molar-refractivity contribution in [3.63, 3.8) is 0 Å². The van der Waals surface area contributed by atoms with Gasteiger partial charge in [-0.25, -0.2) is 0 Å². The highest BCUT2D eigenvalue weighted by molar-refractivity contribution is 5.52. The smallest absolute Gasteiger partial charge is 0.384 e. The first-order valence-corrected chi connectivity index (χ1v) is 6.79. The average molecular weight is 346 g/mol. The average Bonchev–Trinajstić information content (AvgIpc) is 2.51. The molecule has 7 heteroatoms. The Morgan fingerprint density at radius 3 is 1.71 bits per heavy atom. The second-order valence-corrected chi connectivity index (χ2v) is 4.98. The number of hydrogen-bond acceptors (Lipinski definition) is 1. The molecular formula is C17H12F6O. The molecule has 0 aliphatic rings. The topological polar surface area (TPSA) is 20.2 Å². The SMILES string of the molecule is O[C@H](/C=C/c1ccccc1)c1c(C(F)(F)F)cccc1C(F)(F)F. The number of halogens is 6. The van der Waals surface area contributed by atoms with E-state index in [0.29, 0.717) is 23.8 Å². The maximum absolute atomic E-state index is 13.0. The number of aliphatic hydroxyl groups is 1. The van der Waals surface area contributed by atoms with Crippen molar-refractivity contribution in [1.82, 2.24) is 0 Å². The quantitative estimate of drug-likeness (QED) is 0.731. The van der Waals surface area contributed by atoms with Gasteiger partial charge >= 0.3 is 12.4 Å². The van der Waals surface area contributed by atoms with Gasteiger partial charge in [0.1, 0.15) is 0 Å². The van der Waals surface area contributed by atoms with E-state index in [4.69, 9.17) is 0 Å². The zero-order valence-electron chi connectivity index (χ0n) is 12.1. The molecule has 0 fully saturated rings. The van der Waals surface area contributed by atoms with Crippen LogP contribution in [-0.4, -0.2) is 5.11 Å². The molecule has 2 rings (SSSR count). The van der Waals surface area contributed by atoms with Crippen LogP contribution in [0, 0.1) is 0 Å². The minimum Gasteiger partial charge on any atom is -0.384 e. The van der Waals surface area contributed by atoms with Gasteiger partial charge < -0.3 is 5.11 Å². The highest BCUT2D eigenvalue weighted by atomic mass is 19.4. The van der Waals surface area contributed by atoms with Gasteiger partial charge in [0, 0.05) is 5.56 Å². The third kappa shape index (κ3) is 4.17. The van der Waals surface area contributed by atoms with Crippen molar-refractivity contribution in [1.29, 1.82) is 0 Å². The van der Waals surface area contributed by atoms with Crippen LogP contribution in [0.2, 0.25) is 0 Å². The van der Waals surface area contributed by atoms with Gasteiger partial charge in [-0.1, -0.05) is 48.6 Å². The van der Waals surface area contributed by atoms with Crippen LogP contribution in [0.4, 0.5) is 26.3 Å². The second-order valence-electron chi connectivity index (χ2n) is 4.98. The molecule has 0 bridgehead atoms. The number of aliphatic hydroxyl groups excluding tert-OH is 1. The summed E-state index contributed by atoms with van der Waals surface area (Å²) in [4.78, 5) is 0. The third-order valence-corrected chi connectivity index (χ3v) is 3.28. The van der Waals surface area contributed by atoms with Crippen LogP contribution in [-0.2, 0) is 12.4 Å². The Morgan fingerprint density at radius 1 is 0.750 bits per heavy atom. The van der Waals surface area contributed by atoms with Crippen molar-refractivity contribution in [2.45, 2.75) is 18.5 Å². The van der Waals surface area contributed by atoms with Crippen molar-refractivity contribution >= 4 is 6.08 Å². The molecule has 0 aromatic heterocycles. The van der Waals surface area contributed by atoms with Crippen molar-refractivity contribution in [2.75, 3.05) is 0 Å². The van der Waals surface area contributed by atoms with Gasteiger partial charge in [0.05, 0.1) is 17.2 Å². The minimum atomic E-state index is -5.02. The standard InChI is InChI=1S/C17H12F6O/c18-16(19,20)12-7-4-8-13(17(21,22)23)15(12)14(24)10-9-11-5-2-1-3-6-11/h1-10,14,24H/b10-9+/t14-/m1/s1. The molecule has 128 valence electrons.